The number of hydrogen-bond acceptors (Lipinski definition) is 3. The van der Waals surface area contributed by atoms with Gasteiger partial charge in [0.1, 0.15) is 0 Å². The van der Waals surface area contributed by atoms with E-state index >= 15 is 0 Å². The summed E-state index contributed by atoms with van der Waals surface area (Å²) >= 11 is 0. The molecule has 0 amide bonds. The molecule has 0 aromatic heterocycles. The zero-order valence-corrected chi connectivity index (χ0v) is 5.29. The fourth-order valence-electron chi connectivity index (χ4n) is 0.876. The first-order chi connectivity index (χ1) is 4.34. The van der Waals surface area contributed by atoms with Crippen molar-refractivity contribution in [1.29, 1.82) is 0 Å². The van der Waals surface area contributed by atoms with E-state index in [-0.39, 0.29) is 12.7 Å². The summed E-state index contributed by atoms with van der Waals surface area (Å²) in [5, 5.41) is 17.5. The maximum atomic E-state index is 9.08. The SMILES string of the molecule is OCCC(O)C1CCO1. The largest absolute Gasteiger partial charge is 0.396 e. The van der Waals surface area contributed by atoms with Crippen molar-refractivity contribution in [3.63, 3.8) is 0 Å². The maximum Gasteiger partial charge on any atom is 0.0856 e. The quantitative estimate of drug-likeness (QED) is 0.545. The van der Waals surface area contributed by atoms with Crippen molar-refractivity contribution >= 4 is 0 Å². The van der Waals surface area contributed by atoms with Crippen LogP contribution in [0, 0.1) is 0 Å². The van der Waals surface area contributed by atoms with Gasteiger partial charge in [0, 0.05) is 13.2 Å². The minimum absolute atomic E-state index is 0.00264. The molecule has 9 heavy (non-hydrogen) atoms. The first-order valence-corrected chi connectivity index (χ1v) is 3.25. The topological polar surface area (TPSA) is 49.7 Å². The Balaban J connectivity index is 2.08. The molecule has 3 heteroatoms. The third-order valence-corrected chi connectivity index (χ3v) is 1.59. The molecule has 2 unspecified atom stereocenters. The maximum absolute atomic E-state index is 9.08. The van der Waals surface area contributed by atoms with Gasteiger partial charge in [-0.1, -0.05) is 0 Å². The van der Waals surface area contributed by atoms with Crippen LogP contribution in [0.1, 0.15) is 12.8 Å². The summed E-state index contributed by atoms with van der Waals surface area (Å²) in [7, 11) is 0. The van der Waals surface area contributed by atoms with Gasteiger partial charge < -0.3 is 14.9 Å². The standard InChI is InChI=1S/C6H12O3/c7-3-1-5(8)6-2-4-9-6/h5-8H,1-4H2. The molecular weight excluding hydrogens is 120 g/mol. The monoisotopic (exact) mass is 132 g/mol. The lowest BCUT2D eigenvalue weighted by Crippen LogP contribution is -2.38. The Hall–Kier alpha value is -0.120. The molecule has 1 saturated heterocycles. The van der Waals surface area contributed by atoms with Crippen molar-refractivity contribution in [3.05, 3.63) is 0 Å². The van der Waals surface area contributed by atoms with E-state index in [1.807, 2.05) is 0 Å². The van der Waals surface area contributed by atoms with Crippen LogP contribution in [0.5, 0.6) is 0 Å². The lowest BCUT2D eigenvalue weighted by molar-refractivity contribution is -0.120. The number of rotatable bonds is 3. The van der Waals surface area contributed by atoms with Gasteiger partial charge in [0.25, 0.3) is 0 Å². The smallest absolute Gasteiger partial charge is 0.0856 e. The fourth-order valence-corrected chi connectivity index (χ4v) is 0.876. The Morgan fingerprint density at radius 1 is 1.67 bits per heavy atom. The van der Waals surface area contributed by atoms with Crippen LogP contribution < -0.4 is 0 Å². The Labute approximate surface area is 54.3 Å². The summed E-state index contributed by atoms with van der Waals surface area (Å²) in [6.07, 6.45) is 0.909. The third kappa shape index (κ3) is 1.64. The minimum atomic E-state index is -0.455. The molecule has 0 aromatic rings. The molecule has 0 spiro atoms. The van der Waals surface area contributed by atoms with Gasteiger partial charge in [-0.15, -0.1) is 0 Å². The molecule has 0 radical (unpaired) electrons. The van der Waals surface area contributed by atoms with E-state index in [1.54, 1.807) is 0 Å². The minimum Gasteiger partial charge on any atom is -0.396 e. The molecule has 1 aliphatic heterocycles. The summed E-state index contributed by atoms with van der Waals surface area (Å²) in [4.78, 5) is 0. The second-order valence-corrected chi connectivity index (χ2v) is 2.28. The molecule has 1 rings (SSSR count). The molecule has 0 aliphatic carbocycles. The van der Waals surface area contributed by atoms with Gasteiger partial charge in [0.15, 0.2) is 0 Å². The van der Waals surface area contributed by atoms with Gasteiger partial charge in [0.2, 0.25) is 0 Å². The van der Waals surface area contributed by atoms with Crippen molar-refractivity contribution < 1.29 is 14.9 Å². The van der Waals surface area contributed by atoms with Crippen LogP contribution in [0.2, 0.25) is 0 Å². The van der Waals surface area contributed by atoms with Crippen molar-refractivity contribution in [2.75, 3.05) is 13.2 Å². The Bertz CT molecular complexity index is 80.4. The Morgan fingerprint density at radius 3 is 2.67 bits per heavy atom. The van der Waals surface area contributed by atoms with Crippen LogP contribution in [0.25, 0.3) is 0 Å². The summed E-state index contributed by atoms with van der Waals surface area (Å²) in [6.45, 7) is 0.800. The van der Waals surface area contributed by atoms with E-state index in [0.29, 0.717) is 6.42 Å². The number of aliphatic hydroxyl groups excluding tert-OH is 2. The third-order valence-electron chi connectivity index (χ3n) is 1.59. The molecule has 2 atom stereocenters. The van der Waals surface area contributed by atoms with Crippen LogP contribution in [-0.2, 0) is 4.74 Å². The van der Waals surface area contributed by atoms with Crippen molar-refractivity contribution in [2.24, 2.45) is 0 Å². The highest BCUT2D eigenvalue weighted by atomic mass is 16.5. The second kappa shape index (κ2) is 3.15. The lowest BCUT2D eigenvalue weighted by atomic mass is 10.1. The van der Waals surface area contributed by atoms with Crippen LogP contribution >= 0.6 is 0 Å². The fraction of sp³-hybridized carbons (Fsp3) is 1.00. The van der Waals surface area contributed by atoms with Gasteiger partial charge in [-0.25, -0.2) is 0 Å². The summed E-state index contributed by atoms with van der Waals surface area (Å²) in [5.41, 5.74) is 0. The zero-order chi connectivity index (χ0) is 6.69. The molecule has 1 fully saturated rings. The molecule has 1 aliphatic rings. The molecule has 54 valence electrons. The van der Waals surface area contributed by atoms with Crippen LogP contribution in [0.3, 0.4) is 0 Å². The normalized spacial score (nSPS) is 29.3. The van der Waals surface area contributed by atoms with Crippen LogP contribution in [-0.4, -0.2) is 35.6 Å². The second-order valence-electron chi connectivity index (χ2n) is 2.28. The predicted octanol–water partition coefficient (Wildman–Crippen LogP) is -0.481. The van der Waals surface area contributed by atoms with E-state index in [4.69, 9.17) is 14.9 Å². The Morgan fingerprint density at radius 2 is 2.33 bits per heavy atom. The predicted molar refractivity (Wildman–Crippen MR) is 32.1 cm³/mol. The van der Waals surface area contributed by atoms with Gasteiger partial charge in [-0.05, 0) is 12.8 Å². The lowest BCUT2D eigenvalue weighted by Gasteiger charge is -2.30. The van der Waals surface area contributed by atoms with E-state index in [0.717, 1.165) is 13.0 Å². The highest BCUT2D eigenvalue weighted by molar-refractivity contribution is 4.74. The van der Waals surface area contributed by atoms with E-state index in [1.165, 1.54) is 0 Å². The molecular formula is C6H12O3. The summed E-state index contributed by atoms with van der Waals surface area (Å²) in [6, 6.07) is 0. The molecule has 0 aromatic carbocycles. The first-order valence-electron chi connectivity index (χ1n) is 3.25. The van der Waals surface area contributed by atoms with E-state index in [2.05, 4.69) is 0 Å². The molecule has 1 heterocycles. The van der Waals surface area contributed by atoms with E-state index < -0.39 is 6.10 Å². The van der Waals surface area contributed by atoms with E-state index in [9.17, 15) is 0 Å². The highest BCUT2D eigenvalue weighted by Crippen LogP contribution is 2.16. The van der Waals surface area contributed by atoms with Crippen molar-refractivity contribution in [2.45, 2.75) is 25.0 Å². The molecule has 3 nitrogen and oxygen atoms in total. The van der Waals surface area contributed by atoms with Crippen LogP contribution in [0.4, 0.5) is 0 Å². The average Bonchev–Trinajstić information content (AvgIpc) is 1.60. The number of hydrogen-bond donors (Lipinski definition) is 2. The zero-order valence-electron chi connectivity index (χ0n) is 5.29. The number of ether oxygens (including phenoxy) is 1. The van der Waals surface area contributed by atoms with Crippen molar-refractivity contribution in [1.82, 2.24) is 0 Å². The first kappa shape index (κ1) is 6.99. The van der Waals surface area contributed by atoms with Crippen molar-refractivity contribution in [3.8, 4) is 0 Å². The molecule has 0 bridgehead atoms. The molecule has 2 N–H and O–H groups in total. The number of aliphatic hydroxyl groups is 2. The Kier molecular flexibility index (Phi) is 2.45. The summed E-state index contributed by atoms with van der Waals surface area (Å²) in [5.74, 6) is 0. The van der Waals surface area contributed by atoms with Gasteiger partial charge in [-0.2, -0.15) is 0 Å². The van der Waals surface area contributed by atoms with Crippen LogP contribution in [0.15, 0.2) is 0 Å². The van der Waals surface area contributed by atoms with Gasteiger partial charge in [0.05, 0.1) is 12.2 Å². The summed E-state index contributed by atoms with van der Waals surface area (Å²) < 4.78 is 4.98. The highest BCUT2D eigenvalue weighted by Gasteiger charge is 2.25. The molecule has 0 saturated carbocycles. The van der Waals surface area contributed by atoms with Gasteiger partial charge in [-0.3, -0.25) is 0 Å². The van der Waals surface area contributed by atoms with Gasteiger partial charge >= 0.3 is 0 Å². The average molecular weight is 132 g/mol.